The Morgan fingerprint density at radius 3 is 2.55 bits per heavy atom. The molecule has 0 saturated carbocycles. The minimum absolute atomic E-state index is 0.663. The van der Waals surface area contributed by atoms with E-state index in [1.165, 1.54) is 24.8 Å². The van der Waals surface area contributed by atoms with Gasteiger partial charge in [-0.1, -0.05) is 22.0 Å². The van der Waals surface area contributed by atoms with Crippen LogP contribution >= 0.6 is 15.9 Å². The molecule has 1 N–H and O–H groups in total. The van der Waals surface area contributed by atoms with Crippen molar-refractivity contribution < 1.29 is 0 Å². The number of halogens is 1. The van der Waals surface area contributed by atoms with Gasteiger partial charge in [0.15, 0.2) is 0 Å². The summed E-state index contributed by atoms with van der Waals surface area (Å²) in [5.41, 5.74) is 3.20. The van der Waals surface area contributed by atoms with Crippen LogP contribution in [0.25, 0.3) is 0 Å². The summed E-state index contributed by atoms with van der Waals surface area (Å²) in [5, 5.41) is 3.31. The standard InChI is InChI=1S/C17H21BrN4/c1-12-6-7-14(11-15(12)18)20-17-19-13(2)10-16(21-17)22-8-4-3-5-9-22/h6-7,10-11H,3-5,8-9H2,1-2H3,(H,19,20,21). The molecule has 1 fully saturated rings. The molecule has 116 valence electrons. The fourth-order valence-corrected chi connectivity index (χ4v) is 3.07. The molecule has 0 radical (unpaired) electrons. The highest BCUT2D eigenvalue weighted by molar-refractivity contribution is 9.10. The molecule has 22 heavy (non-hydrogen) atoms. The number of anilines is 3. The van der Waals surface area contributed by atoms with Gasteiger partial charge >= 0.3 is 0 Å². The van der Waals surface area contributed by atoms with Crippen LogP contribution in [0, 0.1) is 13.8 Å². The molecular formula is C17H21BrN4. The van der Waals surface area contributed by atoms with Gasteiger partial charge in [0.05, 0.1) is 0 Å². The summed E-state index contributed by atoms with van der Waals surface area (Å²) < 4.78 is 1.08. The summed E-state index contributed by atoms with van der Waals surface area (Å²) in [7, 11) is 0. The normalized spacial score (nSPS) is 15.0. The molecule has 0 aliphatic carbocycles. The molecule has 2 heterocycles. The van der Waals surface area contributed by atoms with E-state index in [-0.39, 0.29) is 0 Å². The van der Waals surface area contributed by atoms with E-state index in [2.05, 4.69) is 56.3 Å². The minimum atomic E-state index is 0.663. The molecule has 5 heteroatoms. The van der Waals surface area contributed by atoms with E-state index >= 15 is 0 Å². The van der Waals surface area contributed by atoms with Gasteiger partial charge in [-0.05, 0) is 50.8 Å². The zero-order chi connectivity index (χ0) is 15.5. The summed E-state index contributed by atoms with van der Waals surface area (Å²) in [6.45, 7) is 6.27. The molecule has 4 nitrogen and oxygen atoms in total. The topological polar surface area (TPSA) is 41.1 Å². The Bertz CT molecular complexity index is 666. The first-order valence-corrected chi connectivity index (χ1v) is 8.55. The zero-order valence-electron chi connectivity index (χ0n) is 13.1. The van der Waals surface area contributed by atoms with Gasteiger partial charge < -0.3 is 10.2 Å². The van der Waals surface area contributed by atoms with Gasteiger partial charge in [-0.3, -0.25) is 0 Å². The Morgan fingerprint density at radius 1 is 1.05 bits per heavy atom. The molecule has 0 spiro atoms. The second-order valence-corrected chi connectivity index (χ2v) is 6.68. The average molecular weight is 361 g/mol. The molecule has 1 aromatic carbocycles. The van der Waals surface area contributed by atoms with Crippen LogP contribution in [0.3, 0.4) is 0 Å². The highest BCUT2D eigenvalue weighted by atomic mass is 79.9. The number of aromatic nitrogens is 2. The van der Waals surface area contributed by atoms with Crippen LogP contribution in [-0.4, -0.2) is 23.1 Å². The van der Waals surface area contributed by atoms with E-state index in [9.17, 15) is 0 Å². The monoisotopic (exact) mass is 360 g/mol. The van der Waals surface area contributed by atoms with Gasteiger partial charge in [-0.2, -0.15) is 4.98 Å². The molecule has 0 unspecified atom stereocenters. The largest absolute Gasteiger partial charge is 0.356 e. The van der Waals surface area contributed by atoms with Gasteiger partial charge in [0.25, 0.3) is 0 Å². The maximum absolute atomic E-state index is 4.69. The molecule has 1 aliphatic heterocycles. The summed E-state index contributed by atoms with van der Waals surface area (Å²) >= 11 is 3.56. The smallest absolute Gasteiger partial charge is 0.229 e. The third-order valence-electron chi connectivity index (χ3n) is 3.95. The molecule has 2 aromatic rings. The number of nitrogens with zero attached hydrogens (tertiary/aromatic N) is 3. The number of hydrogen-bond acceptors (Lipinski definition) is 4. The average Bonchev–Trinajstić information content (AvgIpc) is 2.51. The number of rotatable bonds is 3. The van der Waals surface area contributed by atoms with Crippen molar-refractivity contribution in [2.24, 2.45) is 0 Å². The zero-order valence-corrected chi connectivity index (χ0v) is 14.7. The Balaban J connectivity index is 1.83. The van der Waals surface area contributed by atoms with Crippen molar-refractivity contribution in [2.45, 2.75) is 33.1 Å². The lowest BCUT2D eigenvalue weighted by Gasteiger charge is -2.28. The maximum Gasteiger partial charge on any atom is 0.229 e. The van der Waals surface area contributed by atoms with Crippen LogP contribution in [0.2, 0.25) is 0 Å². The summed E-state index contributed by atoms with van der Waals surface area (Å²) in [5.74, 6) is 1.69. The van der Waals surface area contributed by atoms with Crippen molar-refractivity contribution >= 4 is 33.4 Å². The Kier molecular flexibility index (Phi) is 4.62. The van der Waals surface area contributed by atoms with Crippen molar-refractivity contribution in [3.05, 3.63) is 40.0 Å². The van der Waals surface area contributed by atoms with Crippen LogP contribution < -0.4 is 10.2 Å². The van der Waals surface area contributed by atoms with Gasteiger partial charge in [-0.25, -0.2) is 4.98 Å². The number of benzene rings is 1. The van der Waals surface area contributed by atoms with Crippen molar-refractivity contribution in [1.82, 2.24) is 9.97 Å². The third-order valence-corrected chi connectivity index (χ3v) is 4.80. The highest BCUT2D eigenvalue weighted by Gasteiger charge is 2.14. The van der Waals surface area contributed by atoms with Crippen LogP contribution in [0.5, 0.6) is 0 Å². The lowest BCUT2D eigenvalue weighted by atomic mass is 10.1. The van der Waals surface area contributed by atoms with Crippen molar-refractivity contribution in [1.29, 1.82) is 0 Å². The first-order valence-electron chi connectivity index (χ1n) is 7.75. The van der Waals surface area contributed by atoms with E-state index < -0.39 is 0 Å². The summed E-state index contributed by atoms with van der Waals surface area (Å²) in [6, 6.07) is 8.25. The van der Waals surface area contributed by atoms with Crippen LogP contribution in [0.15, 0.2) is 28.7 Å². The second kappa shape index (κ2) is 6.65. The van der Waals surface area contributed by atoms with Gasteiger partial charge in [-0.15, -0.1) is 0 Å². The Labute approximate surface area is 140 Å². The molecule has 0 atom stereocenters. The first kappa shape index (κ1) is 15.3. The molecule has 3 rings (SSSR count). The fraction of sp³-hybridized carbons (Fsp3) is 0.412. The van der Waals surface area contributed by atoms with E-state index in [1.54, 1.807) is 0 Å². The van der Waals surface area contributed by atoms with Crippen LogP contribution in [0.4, 0.5) is 17.5 Å². The molecular weight excluding hydrogens is 340 g/mol. The van der Waals surface area contributed by atoms with Gasteiger partial charge in [0, 0.05) is 35.0 Å². The van der Waals surface area contributed by atoms with E-state index in [1.807, 2.05) is 13.0 Å². The van der Waals surface area contributed by atoms with E-state index in [4.69, 9.17) is 4.98 Å². The predicted molar refractivity (Wildman–Crippen MR) is 95.0 cm³/mol. The Morgan fingerprint density at radius 2 is 1.82 bits per heavy atom. The van der Waals surface area contributed by atoms with Crippen molar-refractivity contribution in [3.63, 3.8) is 0 Å². The molecule has 1 aliphatic rings. The number of aryl methyl sites for hydroxylation is 2. The number of nitrogens with one attached hydrogen (secondary N) is 1. The van der Waals surface area contributed by atoms with E-state index in [0.29, 0.717) is 5.95 Å². The first-order chi connectivity index (χ1) is 10.6. The lowest BCUT2D eigenvalue weighted by molar-refractivity contribution is 0.573. The number of hydrogen-bond donors (Lipinski definition) is 1. The lowest BCUT2D eigenvalue weighted by Crippen LogP contribution is -2.30. The fourth-order valence-electron chi connectivity index (χ4n) is 2.69. The SMILES string of the molecule is Cc1cc(N2CCCCC2)nc(Nc2ccc(C)c(Br)c2)n1. The molecule has 0 bridgehead atoms. The van der Waals surface area contributed by atoms with Crippen LogP contribution in [-0.2, 0) is 0 Å². The predicted octanol–water partition coefficient (Wildman–Crippen LogP) is 4.59. The molecule has 1 aromatic heterocycles. The quantitative estimate of drug-likeness (QED) is 0.868. The molecule has 1 saturated heterocycles. The summed E-state index contributed by atoms with van der Waals surface area (Å²) in [4.78, 5) is 11.6. The number of piperidine rings is 1. The van der Waals surface area contributed by atoms with Crippen molar-refractivity contribution in [2.75, 3.05) is 23.3 Å². The Hall–Kier alpha value is -1.62. The van der Waals surface area contributed by atoms with Gasteiger partial charge in [0.2, 0.25) is 5.95 Å². The minimum Gasteiger partial charge on any atom is -0.356 e. The van der Waals surface area contributed by atoms with E-state index in [0.717, 1.165) is 34.8 Å². The summed E-state index contributed by atoms with van der Waals surface area (Å²) in [6.07, 6.45) is 3.82. The molecule has 0 amide bonds. The van der Waals surface area contributed by atoms with Crippen LogP contribution in [0.1, 0.15) is 30.5 Å². The second-order valence-electron chi connectivity index (χ2n) is 5.83. The van der Waals surface area contributed by atoms with Crippen molar-refractivity contribution in [3.8, 4) is 0 Å². The maximum atomic E-state index is 4.69. The highest BCUT2D eigenvalue weighted by Crippen LogP contribution is 2.24. The van der Waals surface area contributed by atoms with Gasteiger partial charge in [0.1, 0.15) is 5.82 Å². The third kappa shape index (κ3) is 3.58.